The number of halogens is 2. The summed E-state index contributed by atoms with van der Waals surface area (Å²) in [6, 6.07) is 9.09. The first-order valence-corrected chi connectivity index (χ1v) is 8.74. The molecule has 4 N–H and O–H groups in total. The lowest BCUT2D eigenvalue weighted by atomic mass is 10.1. The Labute approximate surface area is 140 Å². The van der Waals surface area contributed by atoms with Gasteiger partial charge in [0.2, 0.25) is 10.0 Å². The Kier molecular flexibility index (Phi) is 3.17. The maximum absolute atomic E-state index is 14.2. The summed E-state index contributed by atoms with van der Waals surface area (Å²) >= 11 is 5.95. The standard InChI is InChI=1S/C15H10ClFN4O2S/c16-8-1-2-10-12(5-8)20-21-15(10)13-4-7-3-9(24(18,22)23)6-11(17)14(7)19-13/h1-6,19H,(H,20,21)(H2,18,22,23). The molecule has 0 aliphatic carbocycles. The Balaban J connectivity index is 1.95. The number of nitrogens with two attached hydrogens (primary N) is 1. The van der Waals surface area contributed by atoms with Gasteiger partial charge in [0.15, 0.2) is 0 Å². The number of nitrogens with zero attached hydrogens (tertiary/aromatic N) is 1. The highest BCUT2D eigenvalue weighted by atomic mass is 35.5. The number of aromatic amines is 2. The zero-order valence-electron chi connectivity index (χ0n) is 12.0. The van der Waals surface area contributed by atoms with Gasteiger partial charge in [-0.15, -0.1) is 0 Å². The minimum absolute atomic E-state index is 0.183. The number of primary sulfonamides is 1. The fraction of sp³-hybridized carbons (Fsp3) is 0. The third-order valence-electron chi connectivity index (χ3n) is 3.76. The van der Waals surface area contributed by atoms with E-state index in [1.165, 1.54) is 6.07 Å². The van der Waals surface area contributed by atoms with Crippen LogP contribution in [0.15, 0.2) is 41.3 Å². The van der Waals surface area contributed by atoms with Crippen LogP contribution in [0.4, 0.5) is 4.39 Å². The minimum Gasteiger partial charge on any atom is -0.351 e. The second kappa shape index (κ2) is 5.04. The summed E-state index contributed by atoms with van der Waals surface area (Å²) in [6.45, 7) is 0. The van der Waals surface area contributed by atoms with Crippen LogP contribution < -0.4 is 5.14 Å². The molecule has 0 unspecified atom stereocenters. The molecule has 0 aliphatic heterocycles. The number of nitrogens with one attached hydrogen (secondary N) is 2. The number of hydrogen-bond donors (Lipinski definition) is 3. The highest BCUT2D eigenvalue weighted by Gasteiger charge is 2.17. The lowest BCUT2D eigenvalue weighted by molar-refractivity contribution is 0.594. The van der Waals surface area contributed by atoms with Crippen molar-refractivity contribution in [2.45, 2.75) is 4.90 Å². The van der Waals surface area contributed by atoms with E-state index in [1.807, 2.05) is 0 Å². The molecule has 4 aromatic rings. The predicted octanol–water partition coefficient (Wildman–Crippen LogP) is 3.15. The Morgan fingerprint density at radius 2 is 1.96 bits per heavy atom. The van der Waals surface area contributed by atoms with Crippen molar-refractivity contribution in [2.24, 2.45) is 5.14 Å². The average molecular weight is 365 g/mol. The van der Waals surface area contributed by atoms with Gasteiger partial charge in [0.25, 0.3) is 0 Å². The second-order valence-electron chi connectivity index (χ2n) is 5.36. The van der Waals surface area contributed by atoms with E-state index < -0.39 is 15.8 Å². The van der Waals surface area contributed by atoms with Gasteiger partial charge >= 0.3 is 0 Å². The highest BCUT2D eigenvalue weighted by Crippen LogP contribution is 2.31. The topological polar surface area (TPSA) is 105 Å². The SMILES string of the molecule is NS(=O)(=O)c1cc(F)c2[nH]c(-c3n[nH]c4cc(Cl)ccc34)cc2c1. The van der Waals surface area contributed by atoms with E-state index in [0.29, 0.717) is 21.8 Å². The van der Waals surface area contributed by atoms with E-state index >= 15 is 0 Å². The summed E-state index contributed by atoms with van der Waals surface area (Å²) < 4.78 is 37.1. The molecule has 2 aromatic carbocycles. The first kappa shape index (κ1) is 15.1. The molecule has 4 rings (SSSR count). The van der Waals surface area contributed by atoms with Crippen LogP contribution in [-0.4, -0.2) is 23.6 Å². The molecule has 0 spiro atoms. The molecule has 0 atom stereocenters. The summed E-state index contributed by atoms with van der Waals surface area (Å²) in [5.41, 5.74) is 2.04. The average Bonchev–Trinajstić information content (AvgIpc) is 3.09. The first-order chi connectivity index (χ1) is 11.3. The molecule has 122 valence electrons. The molecule has 0 amide bonds. The van der Waals surface area contributed by atoms with Crippen LogP contribution in [0.25, 0.3) is 33.2 Å². The van der Waals surface area contributed by atoms with Gasteiger partial charge < -0.3 is 4.98 Å². The monoisotopic (exact) mass is 364 g/mol. The van der Waals surface area contributed by atoms with Crippen LogP contribution in [0.5, 0.6) is 0 Å². The number of rotatable bonds is 2. The van der Waals surface area contributed by atoms with E-state index in [2.05, 4.69) is 15.2 Å². The lowest BCUT2D eigenvalue weighted by Gasteiger charge is -1.99. The van der Waals surface area contributed by atoms with Crippen molar-refractivity contribution >= 4 is 43.4 Å². The number of H-pyrrole nitrogens is 2. The van der Waals surface area contributed by atoms with Gasteiger partial charge in [-0.1, -0.05) is 11.6 Å². The molecule has 0 bridgehead atoms. The fourth-order valence-corrected chi connectivity index (χ4v) is 3.39. The van der Waals surface area contributed by atoms with Gasteiger partial charge in [0.05, 0.1) is 21.6 Å². The normalized spacial score (nSPS) is 12.3. The van der Waals surface area contributed by atoms with Crippen molar-refractivity contribution in [3.63, 3.8) is 0 Å². The smallest absolute Gasteiger partial charge is 0.238 e. The zero-order valence-corrected chi connectivity index (χ0v) is 13.5. The number of hydrogen-bond acceptors (Lipinski definition) is 3. The molecular formula is C15H10ClFN4O2S. The van der Waals surface area contributed by atoms with Crippen molar-refractivity contribution in [2.75, 3.05) is 0 Å². The summed E-state index contributed by atoms with van der Waals surface area (Å²) in [7, 11) is -3.99. The molecule has 0 radical (unpaired) electrons. The Bertz CT molecular complexity index is 1210. The van der Waals surface area contributed by atoms with Crippen molar-refractivity contribution in [3.05, 3.63) is 47.2 Å². The summed E-state index contributed by atoms with van der Waals surface area (Å²) in [6.07, 6.45) is 0. The van der Waals surface area contributed by atoms with Crippen molar-refractivity contribution < 1.29 is 12.8 Å². The predicted molar refractivity (Wildman–Crippen MR) is 89.7 cm³/mol. The van der Waals surface area contributed by atoms with Crippen LogP contribution in [-0.2, 0) is 10.0 Å². The summed E-state index contributed by atoms with van der Waals surface area (Å²) in [4.78, 5) is 2.64. The molecule has 2 heterocycles. The van der Waals surface area contributed by atoms with Crippen LogP contribution in [0.2, 0.25) is 5.02 Å². The molecule has 0 aliphatic rings. The van der Waals surface area contributed by atoms with E-state index in [1.54, 1.807) is 24.3 Å². The summed E-state index contributed by atoms with van der Waals surface area (Å²) in [5, 5.41) is 13.9. The van der Waals surface area contributed by atoms with Crippen molar-refractivity contribution in [3.8, 4) is 11.4 Å². The second-order valence-corrected chi connectivity index (χ2v) is 7.36. The lowest BCUT2D eigenvalue weighted by Crippen LogP contribution is -2.12. The minimum atomic E-state index is -3.99. The first-order valence-electron chi connectivity index (χ1n) is 6.82. The molecule has 24 heavy (non-hydrogen) atoms. The largest absolute Gasteiger partial charge is 0.351 e. The maximum Gasteiger partial charge on any atom is 0.238 e. The van der Waals surface area contributed by atoms with Gasteiger partial charge in [-0.05, 0) is 36.4 Å². The Morgan fingerprint density at radius 3 is 2.71 bits per heavy atom. The van der Waals surface area contributed by atoms with Crippen molar-refractivity contribution in [1.82, 2.24) is 15.2 Å². The molecule has 9 heteroatoms. The molecule has 6 nitrogen and oxygen atoms in total. The molecule has 0 saturated heterocycles. The van der Waals surface area contributed by atoms with E-state index in [4.69, 9.17) is 16.7 Å². The third kappa shape index (κ3) is 2.35. The molecule has 0 saturated carbocycles. The molecular weight excluding hydrogens is 355 g/mol. The van der Waals surface area contributed by atoms with Gasteiger partial charge in [-0.25, -0.2) is 17.9 Å². The van der Waals surface area contributed by atoms with E-state index in [9.17, 15) is 12.8 Å². The van der Waals surface area contributed by atoms with Gasteiger partial charge in [-0.3, -0.25) is 5.10 Å². The highest BCUT2D eigenvalue weighted by molar-refractivity contribution is 7.89. The number of aromatic nitrogens is 3. The van der Waals surface area contributed by atoms with Crippen LogP contribution in [0.1, 0.15) is 0 Å². The Hall–Kier alpha value is -2.42. The molecule has 2 aromatic heterocycles. The van der Waals surface area contributed by atoms with Gasteiger partial charge in [-0.2, -0.15) is 5.10 Å². The van der Waals surface area contributed by atoms with Crippen molar-refractivity contribution in [1.29, 1.82) is 0 Å². The van der Waals surface area contributed by atoms with Gasteiger partial charge in [0.1, 0.15) is 11.5 Å². The van der Waals surface area contributed by atoms with E-state index in [0.717, 1.165) is 17.0 Å². The number of benzene rings is 2. The summed E-state index contributed by atoms with van der Waals surface area (Å²) in [5.74, 6) is -0.703. The fourth-order valence-electron chi connectivity index (χ4n) is 2.66. The quantitative estimate of drug-likeness (QED) is 0.508. The van der Waals surface area contributed by atoms with Gasteiger partial charge in [0, 0.05) is 15.8 Å². The van der Waals surface area contributed by atoms with Crippen LogP contribution in [0.3, 0.4) is 0 Å². The maximum atomic E-state index is 14.2. The van der Waals surface area contributed by atoms with Crippen LogP contribution >= 0.6 is 11.6 Å². The number of fused-ring (bicyclic) bond motifs is 2. The third-order valence-corrected chi connectivity index (χ3v) is 4.89. The van der Waals surface area contributed by atoms with Crippen LogP contribution in [0, 0.1) is 5.82 Å². The number of sulfonamides is 1. The Morgan fingerprint density at radius 1 is 1.17 bits per heavy atom. The molecule has 0 fully saturated rings. The van der Waals surface area contributed by atoms with E-state index in [-0.39, 0.29) is 10.4 Å². The zero-order chi connectivity index (χ0) is 17.1.